The predicted octanol–water partition coefficient (Wildman–Crippen LogP) is 2.34. The largest absolute Gasteiger partial charge is 0.224 e. The molecule has 0 atom stereocenters. The van der Waals surface area contributed by atoms with Crippen LogP contribution in [0.1, 0.15) is 6.42 Å². The first kappa shape index (κ1) is 16.3. The fourth-order valence-electron chi connectivity index (χ4n) is 2.20. The molecule has 1 heterocycles. The van der Waals surface area contributed by atoms with Crippen LogP contribution in [0.25, 0.3) is 11.4 Å². The minimum atomic E-state index is -3.45. The van der Waals surface area contributed by atoms with Gasteiger partial charge in [-0.2, -0.15) is 4.80 Å². The van der Waals surface area contributed by atoms with Crippen molar-refractivity contribution in [2.45, 2.75) is 17.9 Å². The van der Waals surface area contributed by atoms with Gasteiger partial charge in [0, 0.05) is 5.56 Å². The zero-order valence-corrected chi connectivity index (χ0v) is 13.5. The van der Waals surface area contributed by atoms with E-state index in [0.717, 1.165) is 17.7 Å². The van der Waals surface area contributed by atoms with E-state index in [-0.39, 0.29) is 10.6 Å². The van der Waals surface area contributed by atoms with Gasteiger partial charge in [-0.05, 0) is 35.9 Å². The average Bonchev–Trinajstić information content (AvgIpc) is 3.05. The number of benzene rings is 2. The van der Waals surface area contributed by atoms with Crippen LogP contribution >= 0.6 is 0 Å². The van der Waals surface area contributed by atoms with Crippen molar-refractivity contribution >= 4 is 9.84 Å². The van der Waals surface area contributed by atoms with Gasteiger partial charge in [0.25, 0.3) is 0 Å². The summed E-state index contributed by atoms with van der Waals surface area (Å²) in [7, 11) is -3.45. The molecular formula is C16H15FN4O2S. The molecule has 24 heavy (non-hydrogen) atoms. The average molecular weight is 346 g/mol. The van der Waals surface area contributed by atoms with Gasteiger partial charge in [-0.15, -0.1) is 10.2 Å². The topological polar surface area (TPSA) is 77.7 Å². The van der Waals surface area contributed by atoms with E-state index in [4.69, 9.17) is 0 Å². The van der Waals surface area contributed by atoms with Gasteiger partial charge < -0.3 is 0 Å². The van der Waals surface area contributed by atoms with Gasteiger partial charge in [0.05, 0.1) is 17.2 Å². The molecule has 3 aromatic rings. The van der Waals surface area contributed by atoms with Crippen LogP contribution in [-0.2, 0) is 16.4 Å². The molecule has 0 radical (unpaired) electrons. The molecule has 0 aliphatic rings. The molecule has 0 saturated carbocycles. The van der Waals surface area contributed by atoms with Crippen molar-refractivity contribution in [3.8, 4) is 11.4 Å². The highest BCUT2D eigenvalue weighted by molar-refractivity contribution is 7.91. The SMILES string of the molecule is O=S(=O)(CCCn1nnc(-c2ccccc2)n1)c1ccc(F)cc1. The number of sulfone groups is 1. The van der Waals surface area contributed by atoms with E-state index in [2.05, 4.69) is 15.4 Å². The Morgan fingerprint density at radius 3 is 2.42 bits per heavy atom. The van der Waals surface area contributed by atoms with Gasteiger partial charge in [0.1, 0.15) is 5.82 Å². The second-order valence-corrected chi connectivity index (χ2v) is 7.31. The van der Waals surface area contributed by atoms with Crippen molar-refractivity contribution < 1.29 is 12.8 Å². The van der Waals surface area contributed by atoms with Crippen LogP contribution in [-0.4, -0.2) is 34.4 Å². The first-order valence-corrected chi connectivity index (χ1v) is 9.01. The molecule has 2 aromatic carbocycles. The van der Waals surface area contributed by atoms with Crippen molar-refractivity contribution in [3.05, 3.63) is 60.4 Å². The Bertz CT molecular complexity index is 909. The molecule has 0 aliphatic heterocycles. The molecule has 0 N–H and O–H groups in total. The number of aryl methyl sites for hydroxylation is 1. The number of aromatic nitrogens is 4. The summed E-state index contributed by atoms with van der Waals surface area (Å²) in [6, 6.07) is 14.2. The number of hydrogen-bond donors (Lipinski definition) is 0. The molecule has 0 aliphatic carbocycles. The van der Waals surface area contributed by atoms with Crippen molar-refractivity contribution in [1.82, 2.24) is 20.2 Å². The predicted molar refractivity (Wildman–Crippen MR) is 86.3 cm³/mol. The van der Waals surface area contributed by atoms with Gasteiger partial charge in [-0.3, -0.25) is 0 Å². The highest BCUT2D eigenvalue weighted by Gasteiger charge is 2.14. The molecule has 0 amide bonds. The van der Waals surface area contributed by atoms with Crippen LogP contribution in [0.5, 0.6) is 0 Å². The lowest BCUT2D eigenvalue weighted by molar-refractivity contribution is 0.511. The highest BCUT2D eigenvalue weighted by atomic mass is 32.2. The third-order valence-corrected chi connectivity index (χ3v) is 5.25. The zero-order valence-electron chi connectivity index (χ0n) is 12.7. The third kappa shape index (κ3) is 3.83. The van der Waals surface area contributed by atoms with E-state index < -0.39 is 15.7 Å². The lowest BCUT2D eigenvalue weighted by Crippen LogP contribution is -2.11. The summed E-state index contributed by atoms with van der Waals surface area (Å²) >= 11 is 0. The van der Waals surface area contributed by atoms with E-state index >= 15 is 0 Å². The first-order valence-electron chi connectivity index (χ1n) is 7.36. The standard InChI is InChI=1S/C16H15FN4O2S/c17-14-7-9-15(10-8-14)24(22,23)12-4-11-21-19-16(18-20-21)13-5-2-1-3-6-13/h1-3,5-10H,4,11-12H2. The van der Waals surface area contributed by atoms with E-state index in [1.165, 1.54) is 16.9 Å². The van der Waals surface area contributed by atoms with Gasteiger partial charge in [0.2, 0.25) is 5.82 Å². The zero-order chi connectivity index (χ0) is 17.0. The molecule has 1 aromatic heterocycles. The second kappa shape index (κ2) is 6.88. The lowest BCUT2D eigenvalue weighted by atomic mass is 10.2. The van der Waals surface area contributed by atoms with Crippen molar-refractivity contribution in [1.29, 1.82) is 0 Å². The Hall–Kier alpha value is -2.61. The summed E-state index contributed by atoms with van der Waals surface area (Å²) in [6.07, 6.45) is 0.338. The maximum absolute atomic E-state index is 12.9. The second-order valence-electron chi connectivity index (χ2n) is 5.20. The summed E-state index contributed by atoms with van der Waals surface area (Å²) in [5, 5.41) is 12.1. The summed E-state index contributed by atoms with van der Waals surface area (Å²) in [5.41, 5.74) is 0.850. The van der Waals surface area contributed by atoms with E-state index in [1.54, 1.807) is 0 Å². The Labute approximate surface area is 138 Å². The molecule has 0 unspecified atom stereocenters. The summed E-state index contributed by atoms with van der Waals surface area (Å²) in [5.74, 6) is -0.0351. The fourth-order valence-corrected chi connectivity index (χ4v) is 3.49. The highest BCUT2D eigenvalue weighted by Crippen LogP contribution is 2.14. The van der Waals surface area contributed by atoms with E-state index in [1.807, 2.05) is 30.3 Å². The minimum Gasteiger partial charge on any atom is -0.224 e. The summed E-state index contributed by atoms with van der Waals surface area (Å²) in [4.78, 5) is 1.49. The minimum absolute atomic E-state index is 0.0686. The summed E-state index contributed by atoms with van der Waals surface area (Å²) in [6.45, 7) is 0.334. The Morgan fingerprint density at radius 1 is 1.00 bits per heavy atom. The molecule has 6 nitrogen and oxygen atoms in total. The number of hydrogen-bond acceptors (Lipinski definition) is 5. The number of tetrazole rings is 1. The molecule has 0 spiro atoms. The van der Waals surface area contributed by atoms with Crippen molar-refractivity contribution in [2.24, 2.45) is 0 Å². The molecule has 8 heteroatoms. The van der Waals surface area contributed by atoms with Crippen LogP contribution in [0.2, 0.25) is 0 Å². The number of rotatable bonds is 6. The molecule has 0 bridgehead atoms. The van der Waals surface area contributed by atoms with Gasteiger partial charge in [-0.1, -0.05) is 30.3 Å². The van der Waals surface area contributed by atoms with Crippen LogP contribution in [0.15, 0.2) is 59.5 Å². The fraction of sp³-hybridized carbons (Fsp3) is 0.188. The normalized spacial score (nSPS) is 11.5. The number of halogens is 1. The molecule has 0 fully saturated rings. The Balaban J connectivity index is 1.60. The summed E-state index contributed by atoms with van der Waals surface area (Å²) < 4.78 is 37.2. The van der Waals surface area contributed by atoms with Crippen LogP contribution in [0, 0.1) is 5.82 Å². The maximum atomic E-state index is 12.9. The lowest BCUT2D eigenvalue weighted by Gasteiger charge is -2.04. The van der Waals surface area contributed by atoms with E-state index in [9.17, 15) is 12.8 Å². The smallest absolute Gasteiger partial charge is 0.204 e. The molecular weight excluding hydrogens is 331 g/mol. The Morgan fingerprint density at radius 2 is 1.71 bits per heavy atom. The van der Waals surface area contributed by atoms with Crippen molar-refractivity contribution in [2.75, 3.05) is 5.75 Å². The van der Waals surface area contributed by atoms with E-state index in [0.29, 0.717) is 18.8 Å². The Kier molecular flexibility index (Phi) is 4.66. The monoisotopic (exact) mass is 346 g/mol. The molecule has 0 saturated heterocycles. The van der Waals surface area contributed by atoms with Crippen molar-refractivity contribution in [3.63, 3.8) is 0 Å². The van der Waals surface area contributed by atoms with Crippen LogP contribution < -0.4 is 0 Å². The molecule has 124 valence electrons. The van der Waals surface area contributed by atoms with Gasteiger partial charge in [-0.25, -0.2) is 12.8 Å². The quantitative estimate of drug-likeness (QED) is 0.640. The number of nitrogens with zero attached hydrogens (tertiary/aromatic N) is 4. The molecule has 3 rings (SSSR count). The third-order valence-electron chi connectivity index (χ3n) is 3.43. The first-order chi connectivity index (χ1) is 11.5. The maximum Gasteiger partial charge on any atom is 0.204 e. The van der Waals surface area contributed by atoms with Gasteiger partial charge in [0.15, 0.2) is 9.84 Å². The van der Waals surface area contributed by atoms with Crippen LogP contribution in [0.4, 0.5) is 4.39 Å². The van der Waals surface area contributed by atoms with Gasteiger partial charge >= 0.3 is 0 Å². The van der Waals surface area contributed by atoms with Crippen LogP contribution in [0.3, 0.4) is 0 Å².